The van der Waals surface area contributed by atoms with E-state index in [1.807, 2.05) is 0 Å². The monoisotopic (exact) mass is 309 g/mol. The summed E-state index contributed by atoms with van der Waals surface area (Å²) in [7, 11) is 0. The van der Waals surface area contributed by atoms with E-state index in [4.69, 9.17) is 11.6 Å². The summed E-state index contributed by atoms with van der Waals surface area (Å²) in [6.07, 6.45) is 2.83. The normalized spacial score (nSPS) is 10.8. The fraction of sp³-hybridized carbons (Fsp3) is 0.385. The molecule has 1 N–H and O–H groups in total. The Balaban J connectivity index is 2.26. The lowest BCUT2D eigenvalue weighted by Crippen LogP contribution is -2.13. The van der Waals surface area contributed by atoms with Gasteiger partial charge in [0.05, 0.1) is 22.5 Å². The molecule has 0 aliphatic carbocycles. The molecule has 2 rings (SSSR count). The van der Waals surface area contributed by atoms with Crippen molar-refractivity contribution in [1.29, 1.82) is 0 Å². The number of benzene rings is 1. The molecule has 0 atom stereocenters. The molecule has 112 valence electrons. The van der Waals surface area contributed by atoms with Crippen LogP contribution in [0.4, 0.5) is 5.69 Å². The first-order valence-corrected chi connectivity index (χ1v) is 6.97. The number of hydrogen-bond donors (Lipinski definition) is 1. The fourth-order valence-corrected chi connectivity index (χ4v) is 2.16. The minimum Gasteiger partial charge on any atom is -0.311 e. The number of nitro groups is 1. The first-order valence-electron chi connectivity index (χ1n) is 6.59. The summed E-state index contributed by atoms with van der Waals surface area (Å²) in [6, 6.07) is 2.97. The van der Waals surface area contributed by atoms with Crippen molar-refractivity contribution in [3.8, 4) is 5.69 Å². The number of nitrogens with zero attached hydrogens (tertiary/aromatic N) is 4. The summed E-state index contributed by atoms with van der Waals surface area (Å²) >= 11 is 5.94. The van der Waals surface area contributed by atoms with Crippen LogP contribution in [0.1, 0.15) is 24.6 Å². The zero-order valence-corrected chi connectivity index (χ0v) is 12.6. The minimum absolute atomic E-state index is 0.0850. The predicted octanol–water partition coefficient (Wildman–Crippen LogP) is 2.64. The average molecular weight is 310 g/mol. The molecule has 0 spiro atoms. The number of nitro benzene ring substituents is 1. The predicted molar refractivity (Wildman–Crippen MR) is 79.8 cm³/mol. The van der Waals surface area contributed by atoms with Crippen LogP contribution in [0.2, 0.25) is 5.02 Å². The number of rotatable bonds is 6. The molecule has 1 aromatic carbocycles. The van der Waals surface area contributed by atoms with Gasteiger partial charge in [0.15, 0.2) is 0 Å². The van der Waals surface area contributed by atoms with E-state index in [0.29, 0.717) is 17.8 Å². The zero-order valence-electron chi connectivity index (χ0n) is 11.8. The first-order chi connectivity index (χ1) is 10.0. The van der Waals surface area contributed by atoms with E-state index in [2.05, 4.69) is 22.6 Å². The topological polar surface area (TPSA) is 85.9 Å². The summed E-state index contributed by atoms with van der Waals surface area (Å²) in [6.45, 7) is 5.41. The summed E-state index contributed by atoms with van der Waals surface area (Å²) < 4.78 is 1.58. The molecule has 2 aromatic rings. The standard InChI is InChI=1S/C13H16ClN5O2/c1-3-4-15-7-10-8-18(17-16-10)12-6-11(14)13(19(20)21)5-9(12)2/h5-6,8,15H,3-4,7H2,1-2H3. The molecule has 0 bridgehead atoms. The Morgan fingerprint density at radius 3 is 2.90 bits per heavy atom. The molecule has 0 unspecified atom stereocenters. The van der Waals surface area contributed by atoms with Gasteiger partial charge in [-0.25, -0.2) is 4.68 Å². The van der Waals surface area contributed by atoms with Gasteiger partial charge in [-0.15, -0.1) is 5.10 Å². The molecule has 1 heterocycles. The molecular weight excluding hydrogens is 294 g/mol. The summed E-state index contributed by atoms with van der Waals surface area (Å²) in [5, 5.41) is 22.3. The van der Waals surface area contributed by atoms with Crippen LogP contribution in [-0.4, -0.2) is 26.5 Å². The molecule has 0 saturated carbocycles. The van der Waals surface area contributed by atoms with Crippen molar-refractivity contribution in [3.63, 3.8) is 0 Å². The second-order valence-corrected chi connectivity index (χ2v) is 5.09. The van der Waals surface area contributed by atoms with Crippen molar-refractivity contribution in [3.05, 3.63) is 44.7 Å². The zero-order chi connectivity index (χ0) is 15.4. The van der Waals surface area contributed by atoms with Crippen LogP contribution < -0.4 is 5.32 Å². The van der Waals surface area contributed by atoms with E-state index >= 15 is 0 Å². The molecule has 0 amide bonds. The van der Waals surface area contributed by atoms with Gasteiger partial charge in [0.1, 0.15) is 5.02 Å². The van der Waals surface area contributed by atoms with Crippen molar-refractivity contribution in [1.82, 2.24) is 20.3 Å². The Morgan fingerprint density at radius 2 is 2.24 bits per heavy atom. The molecular formula is C13H16ClN5O2. The highest BCUT2D eigenvalue weighted by molar-refractivity contribution is 6.32. The molecule has 21 heavy (non-hydrogen) atoms. The van der Waals surface area contributed by atoms with Crippen LogP contribution in [-0.2, 0) is 6.54 Å². The number of aryl methyl sites for hydroxylation is 1. The average Bonchev–Trinajstić information content (AvgIpc) is 2.89. The maximum atomic E-state index is 10.9. The highest BCUT2D eigenvalue weighted by atomic mass is 35.5. The van der Waals surface area contributed by atoms with Crippen LogP contribution in [0.25, 0.3) is 5.69 Å². The molecule has 7 nitrogen and oxygen atoms in total. The third kappa shape index (κ3) is 3.56. The first kappa shape index (κ1) is 15.4. The van der Waals surface area contributed by atoms with Crippen LogP contribution in [0.5, 0.6) is 0 Å². The second-order valence-electron chi connectivity index (χ2n) is 4.68. The van der Waals surface area contributed by atoms with Gasteiger partial charge in [-0.2, -0.15) is 0 Å². The Morgan fingerprint density at radius 1 is 1.48 bits per heavy atom. The molecule has 0 radical (unpaired) electrons. The lowest BCUT2D eigenvalue weighted by Gasteiger charge is -2.06. The highest BCUT2D eigenvalue weighted by Gasteiger charge is 2.16. The van der Waals surface area contributed by atoms with E-state index in [1.54, 1.807) is 17.8 Å². The van der Waals surface area contributed by atoms with Crippen LogP contribution in [0.15, 0.2) is 18.3 Å². The molecule has 0 aliphatic rings. The van der Waals surface area contributed by atoms with Crippen molar-refractivity contribution >= 4 is 17.3 Å². The van der Waals surface area contributed by atoms with Crippen LogP contribution >= 0.6 is 11.6 Å². The maximum Gasteiger partial charge on any atom is 0.288 e. The van der Waals surface area contributed by atoms with Crippen molar-refractivity contribution in [2.24, 2.45) is 0 Å². The third-order valence-corrected chi connectivity index (χ3v) is 3.29. The lowest BCUT2D eigenvalue weighted by atomic mass is 10.2. The van der Waals surface area contributed by atoms with Crippen molar-refractivity contribution in [2.75, 3.05) is 6.54 Å². The molecule has 0 aliphatic heterocycles. The van der Waals surface area contributed by atoms with Gasteiger partial charge in [-0.1, -0.05) is 23.7 Å². The smallest absolute Gasteiger partial charge is 0.288 e. The SMILES string of the molecule is CCCNCc1cn(-c2cc(Cl)c([N+](=O)[O-])cc2C)nn1. The molecule has 0 fully saturated rings. The summed E-state index contributed by atoms with van der Waals surface area (Å²) in [5.41, 5.74) is 2.09. The third-order valence-electron chi connectivity index (χ3n) is 2.98. The van der Waals surface area contributed by atoms with Gasteiger partial charge in [0, 0.05) is 12.6 Å². The van der Waals surface area contributed by atoms with Gasteiger partial charge in [-0.05, 0) is 31.5 Å². The Hall–Kier alpha value is -1.99. The fourth-order valence-electron chi connectivity index (χ4n) is 1.93. The Kier molecular flexibility index (Phi) is 4.87. The van der Waals surface area contributed by atoms with Crippen LogP contribution in [0, 0.1) is 17.0 Å². The largest absolute Gasteiger partial charge is 0.311 e. The van der Waals surface area contributed by atoms with E-state index in [-0.39, 0.29) is 10.7 Å². The van der Waals surface area contributed by atoms with E-state index in [1.165, 1.54) is 12.1 Å². The molecule has 8 heteroatoms. The minimum atomic E-state index is -0.499. The Bertz CT molecular complexity index is 656. The van der Waals surface area contributed by atoms with Gasteiger partial charge in [0.25, 0.3) is 5.69 Å². The Labute approximate surface area is 127 Å². The van der Waals surface area contributed by atoms with Crippen LogP contribution in [0.3, 0.4) is 0 Å². The van der Waals surface area contributed by atoms with Gasteiger partial charge in [-0.3, -0.25) is 10.1 Å². The quantitative estimate of drug-likeness (QED) is 0.503. The van der Waals surface area contributed by atoms with Gasteiger partial charge in [0.2, 0.25) is 0 Å². The van der Waals surface area contributed by atoms with Crippen molar-refractivity contribution < 1.29 is 4.92 Å². The van der Waals surface area contributed by atoms with E-state index < -0.39 is 4.92 Å². The number of halogens is 1. The van der Waals surface area contributed by atoms with Crippen molar-refractivity contribution in [2.45, 2.75) is 26.8 Å². The summed E-state index contributed by atoms with van der Waals surface area (Å²) in [4.78, 5) is 10.4. The van der Waals surface area contributed by atoms with Gasteiger partial charge >= 0.3 is 0 Å². The second kappa shape index (κ2) is 6.64. The molecule has 1 aromatic heterocycles. The van der Waals surface area contributed by atoms with E-state index in [0.717, 1.165) is 18.7 Å². The highest BCUT2D eigenvalue weighted by Crippen LogP contribution is 2.29. The maximum absolute atomic E-state index is 10.9. The van der Waals surface area contributed by atoms with Gasteiger partial charge < -0.3 is 5.32 Å². The number of hydrogen-bond acceptors (Lipinski definition) is 5. The lowest BCUT2D eigenvalue weighted by molar-refractivity contribution is -0.384. The summed E-state index contributed by atoms with van der Waals surface area (Å²) in [5.74, 6) is 0. The number of nitrogens with one attached hydrogen (secondary N) is 1. The molecule has 0 saturated heterocycles. The van der Waals surface area contributed by atoms with E-state index in [9.17, 15) is 10.1 Å². The number of aromatic nitrogens is 3.